The molecule has 2 rings (SSSR count). The monoisotopic (exact) mass is 302 g/mol. The number of ketones is 1. The van der Waals surface area contributed by atoms with Crippen LogP contribution in [0.4, 0.5) is 0 Å². The molecular formula is C17H15ClOS. The number of thioether (sulfide) groups is 1. The van der Waals surface area contributed by atoms with Crippen LogP contribution in [0.3, 0.4) is 0 Å². The van der Waals surface area contributed by atoms with Crippen LogP contribution in [0.25, 0.3) is 4.91 Å². The van der Waals surface area contributed by atoms with Gasteiger partial charge in [-0.25, -0.2) is 0 Å². The summed E-state index contributed by atoms with van der Waals surface area (Å²) in [6, 6.07) is 16.9. The zero-order valence-electron chi connectivity index (χ0n) is 11.2. The Morgan fingerprint density at radius 3 is 2.30 bits per heavy atom. The van der Waals surface area contributed by atoms with Crippen molar-refractivity contribution in [2.45, 2.75) is 6.92 Å². The molecule has 0 amide bonds. The molecule has 0 aromatic heterocycles. The van der Waals surface area contributed by atoms with Gasteiger partial charge in [0.25, 0.3) is 0 Å². The Morgan fingerprint density at radius 1 is 1.05 bits per heavy atom. The van der Waals surface area contributed by atoms with Crippen LogP contribution in [0.2, 0.25) is 5.02 Å². The average molecular weight is 303 g/mol. The van der Waals surface area contributed by atoms with Gasteiger partial charge in [-0.15, -0.1) is 11.8 Å². The molecule has 0 spiro atoms. The topological polar surface area (TPSA) is 17.1 Å². The molecule has 0 saturated carbocycles. The van der Waals surface area contributed by atoms with E-state index in [1.807, 2.05) is 30.3 Å². The molecule has 0 radical (unpaired) electrons. The largest absolute Gasteiger partial charge is 0.289 e. The van der Waals surface area contributed by atoms with Crippen molar-refractivity contribution in [1.82, 2.24) is 0 Å². The summed E-state index contributed by atoms with van der Waals surface area (Å²) in [6.45, 7) is 2.08. The second-order valence-corrected chi connectivity index (χ2v) is 5.92. The van der Waals surface area contributed by atoms with Crippen LogP contribution in [0.5, 0.6) is 0 Å². The highest BCUT2D eigenvalue weighted by Gasteiger charge is 2.07. The predicted molar refractivity (Wildman–Crippen MR) is 88.3 cm³/mol. The minimum Gasteiger partial charge on any atom is -0.289 e. The Morgan fingerprint density at radius 2 is 1.70 bits per heavy atom. The van der Waals surface area contributed by atoms with E-state index in [0.717, 1.165) is 16.2 Å². The van der Waals surface area contributed by atoms with Gasteiger partial charge in [0.1, 0.15) is 0 Å². The summed E-state index contributed by atoms with van der Waals surface area (Å²) in [5.41, 5.74) is 1.72. The first-order valence-electron chi connectivity index (χ1n) is 6.40. The van der Waals surface area contributed by atoms with E-state index in [9.17, 15) is 4.79 Å². The standard InChI is InChI=1S/C17H15ClOS/c1-2-20-17(14-6-4-3-5-7-14)12-16(19)13-8-10-15(18)11-9-13/h3-12H,2H2,1H3/b17-12-. The first-order chi connectivity index (χ1) is 9.70. The quantitative estimate of drug-likeness (QED) is 0.549. The van der Waals surface area contributed by atoms with E-state index in [1.54, 1.807) is 42.1 Å². The van der Waals surface area contributed by atoms with Crippen LogP contribution in [0.1, 0.15) is 22.8 Å². The maximum atomic E-state index is 12.3. The van der Waals surface area contributed by atoms with Crippen molar-refractivity contribution in [3.63, 3.8) is 0 Å². The van der Waals surface area contributed by atoms with Crippen molar-refractivity contribution in [1.29, 1.82) is 0 Å². The third-order valence-corrected chi connectivity index (χ3v) is 3.95. The molecule has 0 fully saturated rings. The number of benzene rings is 2. The normalized spacial score (nSPS) is 11.4. The molecule has 0 heterocycles. The summed E-state index contributed by atoms with van der Waals surface area (Å²) in [7, 11) is 0. The third kappa shape index (κ3) is 3.99. The lowest BCUT2D eigenvalue weighted by Gasteiger charge is -2.06. The smallest absolute Gasteiger partial charge is 0.186 e. The fraction of sp³-hybridized carbons (Fsp3) is 0.118. The molecule has 0 aliphatic carbocycles. The molecule has 1 nitrogen and oxygen atoms in total. The molecule has 3 heteroatoms. The highest BCUT2D eigenvalue weighted by molar-refractivity contribution is 8.08. The molecule has 0 N–H and O–H groups in total. The number of carbonyl (C=O) groups excluding carboxylic acids is 1. The van der Waals surface area contributed by atoms with Crippen molar-refractivity contribution in [2.75, 3.05) is 5.75 Å². The van der Waals surface area contributed by atoms with Gasteiger partial charge in [-0.05, 0) is 35.6 Å². The van der Waals surface area contributed by atoms with Crippen molar-refractivity contribution in [2.24, 2.45) is 0 Å². The lowest BCUT2D eigenvalue weighted by Crippen LogP contribution is -1.95. The van der Waals surface area contributed by atoms with Crippen LogP contribution < -0.4 is 0 Å². The zero-order chi connectivity index (χ0) is 14.4. The number of halogens is 1. The molecule has 0 bridgehead atoms. The summed E-state index contributed by atoms with van der Waals surface area (Å²) in [5, 5.41) is 0.636. The Kier molecular flexibility index (Phi) is 5.45. The first kappa shape index (κ1) is 14.9. The lowest BCUT2D eigenvalue weighted by molar-refractivity contribution is 0.104. The zero-order valence-corrected chi connectivity index (χ0v) is 12.7. The van der Waals surface area contributed by atoms with Gasteiger partial charge in [-0.3, -0.25) is 4.79 Å². The van der Waals surface area contributed by atoms with Gasteiger partial charge in [-0.2, -0.15) is 0 Å². The third-order valence-electron chi connectivity index (χ3n) is 2.75. The minimum atomic E-state index is 0.00136. The fourth-order valence-electron chi connectivity index (χ4n) is 1.78. The van der Waals surface area contributed by atoms with Crippen molar-refractivity contribution in [3.8, 4) is 0 Å². The SMILES string of the molecule is CCS/C(=C\C(=O)c1ccc(Cl)cc1)c1ccccc1. The van der Waals surface area contributed by atoms with E-state index in [-0.39, 0.29) is 5.78 Å². The summed E-state index contributed by atoms with van der Waals surface area (Å²) in [4.78, 5) is 13.3. The van der Waals surface area contributed by atoms with Gasteiger partial charge < -0.3 is 0 Å². The second kappa shape index (κ2) is 7.32. The van der Waals surface area contributed by atoms with Crippen LogP contribution in [0, 0.1) is 0 Å². The molecular weight excluding hydrogens is 288 g/mol. The number of hydrogen-bond donors (Lipinski definition) is 0. The van der Waals surface area contributed by atoms with E-state index in [2.05, 4.69) is 6.92 Å². The number of allylic oxidation sites excluding steroid dienone is 1. The fourth-order valence-corrected chi connectivity index (χ4v) is 2.71. The van der Waals surface area contributed by atoms with Crippen LogP contribution >= 0.6 is 23.4 Å². The highest BCUT2D eigenvalue weighted by atomic mass is 35.5. The van der Waals surface area contributed by atoms with Gasteiger partial charge in [0.2, 0.25) is 0 Å². The summed E-state index contributed by atoms with van der Waals surface area (Å²) >= 11 is 7.51. The molecule has 2 aromatic carbocycles. The molecule has 0 atom stereocenters. The number of hydrogen-bond acceptors (Lipinski definition) is 2. The van der Waals surface area contributed by atoms with Crippen molar-refractivity contribution in [3.05, 3.63) is 76.8 Å². The molecule has 0 aliphatic rings. The van der Waals surface area contributed by atoms with Gasteiger partial charge in [0.05, 0.1) is 0 Å². The van der Waals surface area contributed by atoms with Gasteiger partial charge in [0.15, 0.2) is 5.78 Å². The molecule has 0 unspecified atom stereocenters. The molecule has 0 saturated heterocycles. The van der Waals surface area contributed by atoms with Gasteiger partial charge in [0, 0.05) is 21.6 Å². The van der Waals surface area contributed by atoms with Gasteiger partial charge >= 0.3 is 0 Å². The van der Waals surface area contributed by atoms with E-state index in [4.69, 9.17) is 11.6 Å². The average Bonchev–Trinajstić information content (AvgIpc) is 2.48. The highest BCUT2D eigenvalue weighted by Crippen LogP contribution is 2.27. The summed E-state index contributed by atoms with van der Waals surface area (Å²) < 4.78 is 0. The van der Waals surface area contributed by atoms with E-state index in [1.165, 1.54) is 0 Å². The summed E-state index contributed by atoms with van der Waals surface area (Å²) in [5.74, 6) is 0.927. The maximum absolute atomic E-state index is 12.3. The second-order valence-electron chi connectivity index (χ2n) is 4.18. The predicted octanol–water partition coefficient (Wildman–Crippen LogP) is 5.32. The van der Waals surface area contributed by atoms with E-state index >= 15 is 0 Å². The number of carbonyl (C=O) groups is 1. The van der Waals surface area contributed by atoms with Crippen molar-refractivity contribution >= 4 is 34.1 Å². The Bertz CT molecular complexity index is 603. The molecule has 0 aliphatic heterocycles. The molecule has 20 heavy (non-hydrogen) atoms. The summed E-state index contributed by atoms with van der Waals surface area (Å²) in [6.07, 6.45) is 1.70. The Balaban J connectivity index is 2.29. The number of rotatable bonds is 5. The van der Waals surface area contributed by atoms with Crippen LogP contribution in [-0.2, 0) is 0 Å². The Labute approximate surface area is 128 Å². The van der Waals surface area contributed by atoms with E-state index < -0.39 is 0 Å². The lowest BCUT2D eigenvalue weighted by atomic mass is 10.1. The Hall–Kier alpha value is -1.51. The van der Waals surface area contributed by atoms with Crippen LogP contribution in [-0.4, -0.2) is 11.5 Å². The van der Waals surface area contributed by atoms with E-state index in [0.29, 0.717) is 10.6 Å². The van der Waals surface area contributed by atoms with Gasteiger partial charge in [-0.1, -0.05) is 48.9 Å². The van der Waals surface area contributed by atoms with Crippen molar-refractivity contribution < 1.29 is 4.79 Å². The molecule has 102 valence electrons. The first-order valence-corrected chi connectivity index (χ1v) is 7.77. The minimum absolute atomic E-state index is 0.00136. The van der Waals surface area contributed by atoms with Crippen LogP contribution in [0.15, 0.2) is 60.7 Å². The maximum Gasteiger partial charge on any atom is 0.186 e. The molecule has 2 aromatic rings.